The average molecular weight is 351 g/mol. The van der Waals surface area contributed by atoms with Gasteiger partial charge in [0.2, 0.25) is 5.91 Å². The third-order valence-corrected chi connectivity index (χ3v) is 5.25. The lowest BCUT2D eigenvalue weighted by Gasteiger charge is -2.18. The summed E-state index contributed by atoms with van der Waals surface area (Å²) in [7, 11) is 0. The molecule has 0 aromatic heterocycles. The van der Waals surface area contributed by atoms with Crippen LogP contribution in [0.15, 0.2) is 30.3 Å². The van der Waals surface area contributed by atoms with Crippen molar-refractivity contribution in [2.24, 2.45) is 0 Å². The van der Waals surface area contributed by atoms with Gasteiger partial charge in [-0.15, -0.1) is 0 Å². The highest BCUT2D eigenvalue weighted by molar-refractivity contribution is 5.91. The van der Waals surface area contributed by atoms with Crippen LogP contribution in [0.25, 0.3) is 0 Å². The van der Waals surface area contributed by atoms with E-state index in [4.69, 9.17) is 4.74 Å². The summed E-state index contributed by atoms with van der Waals surface area (Å²) in [5.41, 5.74) is 7.10. The first-order chi connectivity index (χ1) is 12.5. The number of carbonyl (C=O) groups excluding carboxylic acids is 1. The maximum absolute atomic E-state index is 11.9. The fraction of sp³-hybridized carbons (Fsp3) is 0.435. The molecule has 0 unspecified atom stereocenters. The topological polar surface area (TPSA) is 38.3 Å². The van der Waals surface area contributed by atoms with Crippen LogP contribution >= 0.6 is 0 Å². The van der Waals surface area contributed by atoms with E-state index in [1.807, 2.05) is 19.1 Å². The second-order valence-electron chi connectivity index (χ2n) is 7.24. The molecule has 1 N–H and O–H groups in total. The SMILES string of the molecule is CCC(=O)Nc1cccc(C2CC2)c1COc1cc(C)c(C)cc1CC. The van der Waals surface area contributed by atoms with Gasteiger partial charge in [0, 0.05) is 17.7 Å². The predicted octanol–water partition coefficient (Wildman–Crippen LogP) is 5.67. The molecule has 0 spiro atoms. The highest BCUT2D eigenvalue weighted by atomic mass is 16.5. The molecule has 1 aliphatic rings. The molecule has 1 saturated carbocycles. The van der Waals surface area contributed by atoms with E-state index in [9.17, 15) is 4.79 Å². The van der Waals surface area contributed by atoms with Crippen molar-refractivity contribution in [3.05, 3.63) is 58.1 Å². The normalized spacial score (nSPS) is 13.5. The standard InChI is InChI=1S/C23H29NO2/c1-5-17-12-15(3)16(4)13-22(17)26-14-20-19(18-10-11-18)8-7-9-21(20)24-23(25)6-2/h7-9,12-13,18H,5-6,10-11,14H2,1-4H3,(H,24,25). The number of ether oxygens (including phenoxy) is 1. The van der Waals surface area contributed by atoms with E-state index >= 15 is 0 Å². The second-order valence-corrected chi connectivity index (χ2v) is 7.24. The summed E-state index contributed by atoms with van der Waals surface area (Å²) in [6.07, 6.45) is 3.87. The van der Waals surface area contributed by atoms with Gasteiger partial charge in [0.1, 0.15) is 12.4 Å². The largest absolute Gasteiger partial charge is 0.489 e. The van der Waals surface area contributed by atoms with E-state index in [-0.39, 0.29) is 5.91 Å². The fourth-order valence-electron chi connectivity index (χ4n) is 3.31. The average Bonchev–Trinajstić information content (AvgIpc) is 3.47. The molecule has 1 aliphatic carbocycles. The fourth-order valence-corrected chi connectivity index (χ4v) is 3.31. The Labute approximate surface area is 156 Å². The highest BCUT2D eigenvalue weighted by Gasteiger charge is 2.27. The van der Waals surface area contributed by atoms with Crippen LogP contribution in [0, 0.1) is 13.8 Å². The Morgan fingerprint density at radius 3 is 2.54 bits per heavy atom. The van der Waals surface area contributed by atoms with Crippen molar-refractivity contribution in [1.82, 2.24) is 0 Å². The molecule has 3 rings (SSSR count). The van der Waals surface area contributed by atoms with Crippen molar-refractivity contribution in [3.8, 4) is 5.75 Å². The molecular formula is C23H29NO2. The lowest BCUT2D eigenvalue weighted by atomic mass is 10.0. The van der Waals surface area contributed by atoms with Crippen LogP contribution in [-0.2, 0) is 17.8 Å². The number of amides is 1. The van der Waals surface area contributed by atoms with Crippen LogP contribution in [0.5, 0.6) is 5.75 Å². The molecule has 2 aromatic rings. The summed E-state index contributed by atoms with van der Waals surface area (Å²) >= 11 is 0. The predicted molar refractivity (Wildman–Crippen MR) is 107 cm³/mol. The Kier molecular flexibility index (Phi) is 5.65. The number of anilines is 1. The van der Waals surface area contributed by atoms with Gasteiger partial charge in [-0.05, 0) is 73.4 Å². The van der Waals surface area contributed by atoms with E-state index < -0.39 is 0 Å². The van der Waals surface area contributed by atoms with Gasteiger partial charge in [0.05, 0.1) is 0 Å². The minimum atomic E-state index is 0.0413. The smallest absolute Gasteiger partial charge is 0.224 e. The van der Waals surface area contributed by atoms with Crippen molar-refractivity contribution in [2.45, 2.75) is 65.9 Å². The highest BCUT2D eigenvalue weighted by Crippen LogP contribution is 2.43. The Balaban J connectivity index is 1.89. The van der Waals surface area contributed by atoms with Crippen LogP contribution in [0.1, 0.15) is 66.8 Å². The van der Waals surface area contributed by atoms with Crippen molar-refractivity contribution >= 4 is 11.6 Å². The minimum Gasteiger partial charge on any atom is -0.489 e. The van der Waals surface area contributed by atoms with Gasteiger partial charge in [0.15, 0.2) is 0 Å². The molecule has 1 amide bonds. The van der Waals surface area contributed by atoms with Crippen LogP contribution in [-0.4, -0.2) is 5.91 Å². The molecule has 0 saturated heterocycles. The number of hydrogen-bond acceptors (Lipinski definition) is 2. The van der Waals surface area contributed by atoms with Gasteiger partial charge >= 0.3 is 0 Å². The van der Waals surface area contributed by atoms with Gasteiger partial charge in [-0.25, -0.2) is 0 Å². The molecule has 3 nitrogen and oxygen atoms in total. The minimum absolute atomic E-state index is 0.0413. The summed E-state index contributed by atoms with van der Waals surface area (Å²) in [5.74, 6) is 1.60. The maximum Gasteiger partial charge on any atom is 0.224 e. The van der Waals surface area contributed by atoms with Gasteiger partial charge in [-0.2, -0.15) is 0 Å². The third-order valence-electron chi connectivity index (χ3n) is 5.25. The first kappa shape index (κ1) is 18.5. The monoisotopic (exact) mass is 351 g/mol. The molecule has 0 heterocycles. The number of rotatable bonds is 7. The number of aryl methyl sites for hydroxylation is 3. The van der Waals surface area contributed by atoms with E-state index in [1.165, 1.54) is 35.1 Å². The van der Waals surface area contributed by atoms with Crippen LogP contribution < -0.4 is 10.1 Å². The molecule has 2 aromatic carbocycles. The van der Waals surface area contributed by atoms with Gasteiger partial charge in [-0.1, -0.05) is 32.0 Å². The first-order valence-corrected chi connectivity index (χ1v) is 9.68. The molecule has 1 fully saturated rings. The summed E-state index contributed by atoms with van der Waals surface area (Å²) in [5, 5.41) is 3.05. The third kappa shape index (κ3) is 4.09. The summed E-state index contributed by atoms with van der Waals surface area (Å²) in [6, 6.07) is 10.6. The van der Waals surface area contributed by atoms with Gasteiger partial charge in [0.25, 0.3) is 0 Å². The zero-order valence-electron chi connectivity index (χ0n) is 16.3. The zero-order chi connectivity index (χ0) is 18.7. The lowest BCUT2D eigenvalue weighted by molar-refractivity contribution is -0.115. The number of nitrogens with one attached hydrogen (secondary N) is 1. The van der Waals surface area contributed by atoms with Crippen molar-refractivity contribution in [1.29, 1.82) is 0 Å². The van der Waals surface area contributed by atoms with Crippen LogP contribution in [0.2, 0.25) is 0 Å². The lowest BCUT2D eigenvalue weighted by Crippen LogP contribution is -2.13. The van der Waals surface area contributed by atoms with Gasteiger partial charge in [-0.3, -0.25) is 4.79 Å². The van der Waals surface area contributed by atoms with Gasteiger partial charge < -0.3 is 10.1 Å². The molecule has 0 atom stereocenters. The van der Waals surface area contributed by atoms with Crippen molar-refractivity contribution in [3.63, 3.8) is 0 Å². The molecule has 3 heteroatoms. The van der Waals surface area contributed by atoms with E-state index in [2.05, 4.69) is 44.3 Å². The molecule has 26 heavy (non-hydrogen) atoms. The Morgan fingerprint density at radius 1 is 1.15 bits per heavy atom. The number of carbonyl (C=O) groups is 1. The van der Waals surface area contributed by atoms with Crippen LogP contribution in [0.4, 0.5) is 5.69 Å². The van der Waals surface area contributed by atoms with Crippen LogP contribution in [0.3, 0.4) is 0 Å². The first-order valence-electron chi connectivity index (χ1n) is 9.68. The molecular weight excluding hydrogens is 322 g/mol. The van der Waals surface area contributed by atoms with E-state index in [0.29, 0.717) is 18.9 Å². The molecule has 0 aliphatic heterocycles. The second kappa shape index (κ2) is 7.94. The summed E-state index contributed by atoms with van der Waals surface area (Å²) < 4.78 is 6.27. The maximum atomic E-state index is 11.9. The molecule has 138 valence electrons. The van der Waals surface area contributed by atoms with E-state index in [1.54, 1.807) is 0 Å². The zero-order valence-corrected chi connectivity index (χ0v) is 16.3. The summed E-state index contributed by atoms with van der Waals surface area (Å²) in [4.78, 5) is 11.9. The van der Waals surface area contributed by atoms with Crippen molar-refractivity contribution in [2.75, 3.05) is 5.32 Å². The number of hydrogen-bond donors (Lipinski definition) is 1. The Bertz CT molecular complexity index is 806. The summed E-state index contributed by atoms with van der Waals surface area (Å²) in [6.45, 7) is 8.77. The Morgan fingerprint density at radius 2 is 1.88 bits per heavy atom. The van der Waals surface area contributed by atoms with Crippen molar-refractivity contribution < 1.29 is 9.53 Å². The molecule has 0 bridgehead atoms. The number of benzene rings is 2. The quantitative estimate of drug-likeness (QED) is 0.698. The Hall–Kier alpha value is -2.29. The molecule has 0 radical (unpaired) electrons. The van der Waals surface area contributed by atoms with E-state index in [0.717, 1.165) is 23.4 Å².